The summed E-state index contributed by atoms with van der Waals surface area (Å²) in [6, 6.07) is 4.78. The molecule has 8 heteroatoms. The molecule has 0 aliphatic heterocycles. The molecule has 1 aromatic carbocycles. The minimum absolute atomic E-state index is 0.0450. The molecule has 98 valence electrons. The van der Waals surface area contributed by atoms with E-state index in [1.807, 2.05) is 0 Å². The Balaban J connectivity index is 3.13. The van der Waals surface area contributed by atoms with Crippen molar-refractivity contribution in [1.82, 2.24) is 4.72 Å². The molecule has 0 bridgehead atoms. The average molecular weight is 308 g/mol. The van der Waals surface area contributed by atoms with Gasteiger partial charge in [0.2, 0.25) is 10.0 Å². The van der Waals surface area contributed by atoms with Crippen LogP contribution in [0.5, 0.6) is 0 Å². The van der Waals surface area contributed by atoms with Gasteiger partial charge in [-0.1, -0.05) is 12.0 Å². The number of halogens is 1. The van der Waals surface area contributed by atoms with E-state index in [9.17, 15) is 16.8 Å². The summed E-state index contributed by atoms with van der Waals surface area (Å²) in [5, 5.41) is 0. The molecule has 0 fully saturated rings. The Morgan fingerprint density at radius 3 is 2.39 bits per heavy atom. The van der Waals surface area contributed by atoms with Gasteiger partial charge in [0, 0.05) is 10.7 Å². The van der Waals surface area contributed by atoms with Gasteiger partial charge in [-0.15, -0.1) is 5.92 Å². The van der Waals surface area contributed by atoms with Crippen LogP contribution in [0.4, 0.5) is 0 Å². The lowest BCUT2D eigenvalue weighted by atomic mass is 10.4. The minimum Gasteiger partial charge on any atom is -0.207 e. The van der Waals surface area contributed by atoms with Gasteiger partial charge < -0.3 is 0 Å². The van der Waals surface area contributed by atoms with Crippen molar-refractivity contribution < 1.29 is 16.8 Å². The number of benzene rings is 1. The number of hydrogen-bond donors (Lipinski definition) is 1. The standard InChI is InChI=1S/C10H10ClNO4S2/c1-2-3-7-12-18(15,16)10-6-4-5-9(8-10)17(11,13)14/h4-6,8,12H,7H2,1H3. The van der Waals surface area contributed by atoms with Gasteiger partial charge in [0.05, 0.1) is 16.3 Å². The summed E-state index contributed by atoms with van der Waals surface area (Å²) in [7, 11) is -2.61. The van der Waals surface area contributed by atoms with Crippen molar-refractivity contribution in [3.63, 3.8) is 0 Å². The van der Waals surface area contributed by atoms with E-state index >= 15 is 0 Å². The largest absolute Gasteiger partial charge is 0.261 e. The van der Waals surface area contributed by atoms with Gasteiger partial charge >= 0.3 is 0 Å². The second-order valence-corrected chi connectivity index (χ2v) is 7.50. The van der Waals surface area contributed by atoms with Crippen LogP contribution >= 0.6 is 10.7 Å². The van der Waals surface area contributed by atoms with Gasteiger partial charge in [-0.05, 0) is 25.1 Å². The van der Waals surface area contributed by atoms with Gasteiger partial charge in [0.1, 0.15) is 0 Å². The van der Waals surface area contributed by atoms with E-state index < -0.39 is 19.1 Å². The first-order valence-corrected chi connectivity index (χ1v) is 8.50. The Morgan fingerprint density at radius 1 is 1.22 bits per heavy atom. The topological polar surface area (TPSA) is 80.3 Å². The van der Waals surface area contributed by atoms with Gasteiger partial charge in [-0.2, -0.15) is 4.72 Å². The maximum Gasteiger partial charge on any atom is 0.261 e. The van der Waals surface area contributed by atoms with Crippen LogP contribution in [0, 0.1) is 11.8 Å². The minimum atomic E-state index is -3.96. The molecule has 1 aromatic rings. The summed E-state index contributed by atoms with van der Waals surface area (Å²) >= 11 is 0. The van der Waals surface area contributed by atoms with E-state index in [0.29, 0.717) is 0 Å². The molecule has 0 heterocycles. The fourth-order valence-corrected chi connectivity index (χ4v) is 2.94. The van der Waals surface area contributed by atoms with Crippen LogP contribution in [-0.2, 0) is 19.1 Å². The van der Waals surface area contributed by atoms with Crippen molar-refractivity contribution in [3.05, 3.63) is 24.3 Å². The van der Waals surface area contributed by atoms with Crippen LogP contribution in [0.3, 0.4) is 0 Å². The van der Waals surface area contributed by atoms with E-state index in [4.69, 9.17) is 10.7 Å². The van der Waals surface area contributed by atoms with Crippen LogP contribution in [-0.4, -0.2) is 23.4 Å². The smallest absolute Gasteiger partial charge is 0.207 e. The third-order valence-corrected chi connectivity index (χ3v) is 4.68. The van der Waals surface area contributed by atoms with Crippen LogP contribution < -0.4 is 4.72 Å². The molecule has 0 unspecified atom stereocenters. The molecule has 0 aliphatic carbocycles. The molecule has 0 amide bonds. The Labute approximate surface area is 111 Å². The van der Waals surface area contributed by atoms with E-state index in [0.717, 1.165) is 6.07 Å². The first-order chi connectivity index (χ1) is 8.27. The fraction of sp³-hybridized carbons (Fsp3) is 0.200. The molecular weight excluding hydrogens is 298 g/mol. The Kier molecular flexibility index (Phi) is 4.76. The van der Waals surface area contributed by atoms with Crippen LogP contribution in [0.25, 0.3) is 0 Å². The molecule has 5 nitrogen and oxygen atoms in total. The first kappa shape index (κ1) is 15.0. The highest BCUT2D eigenvalue weighted by Gasteiger charge is 2.17. The lowest BCUT2D eigenvalue weighted by Crippen LogP contribution is -2.24. The van der Waals surface area contributed by atoms with Gasteiger partial charge in [0.15, 0.2) is 0 Å². The third-order valence-electron chi connectivity index (χ3n) is 1.92. The summed E-state index contributed by atoms with van der Waals surface area (Å²) in [5.41, 5.74) is 0. The second-order valence-electron chi connectivity index (χ2n) is 3.16. The highest BCUT2D eigenvalue weighted by Crippen LogP contribution is 2.18. The molecule has 0 saturated carbocycles. The van der Waals surface area contributed by atoms with Crippen molar-refractivity contribution >= 4 is 29.8 Å². The molecule has 0 spiro atoms. The maximum absolute atomic E-state index is 11.8. The van der Waals surface area contributed by atoms with E-state index in [1.54, 1.807) is 6.92 Å². The molecule has 18 heavy (non-hydrogen) atoms. The predicted octanol–water partition coefficient (Wildman–Crippen LogP) is 0.916. The first-order valence-electron chi connectivity index (χ1n) is 4.71. The lowest BCUT2D eigenvalue weighted by molar-refractivity contribution is 0.586. The summed E-state index contributed by atoms with van der Waals surface area (Å²) in [6.45, 7) is 1.53. The second kappa shape index (κ2) is 5.71. The van der Waals surface area contributed by atoms with E-state index in [-0.39, 0.29) is 16.3 Å². The number of rotatable bonds is 4. The summed E-state index contributed by atoms with van der Waals surface area (Å²) in [5.74, 6) is 5.07. The van der Waals surface area contributed by atoms with Crippen LogP contribution in [0.15, 0.2) is 34.1 Å². The predicted molar refractivity (Wildman–Crippen MR) is 68.1 cm³/mol. The zero-order chi connectivity index (χ0) is 13.8. The number of hydrogen-bond acceptors (Lipinski definition) is 4. The summed E-state index contributed by atoms with van der Waals surface area (Å²) < 4.78 is 48.0. The fourth-order valence-electron chi connectivity index (χ4n) is 1.10. The van der Waals surface area contributed by atoms with Crippen molar-refractivity contribution in [1.29, 1.82) is 0 Å². The molecule has 1 N–H and O–H groups in total. The van der Waals surface area contributed by atoms with Crippen molar-refractivity contribution in [2.24, 2.45) is 0 Å². The van der Waals surface area contributed by atoms with Crippen LogP contribution in [0.1, 0.15) is 6.92 Å². The summed E-state index contributed by atoms with van der Waals surface area (Å²) in [6.07, 6.45) is 0. The normalized spacial score (nSPS) is 11.7. The van der Waals surface area contributed by atoms with Crippen LogP contribution in [0.2, 0.25) is 0 Å². The highest BCUT2D eigenvalue weighted by molar-refractivity contribution is 8.13. The van der Waals surface area contributed by atoms with Gasteiger partial charge in [0.25, 0.3) is 9.05 Å². The molecule has 0 saturated heterocycles. The third kappa shape index (κ3) is 3.99. The van der Waals surface area contributed by atoms with Crippen molar-refractivity contribution in [2.45, 2.75) is 16.7 Å². The Morgan fingerprint density at radius 2 is 1.83 bits per heavy atom. The lowest BCUT2D eigenvalue weighted by Gasteiger charge is -2.04. The Hall–Kier alpha value is -1.07. The maximum atomic E-state index is 11.8. The number of nitrogens with one attached hydrogen (secondary N) is 1. The molecule has 0 atom stereocenters. The molecule has 0 aromatic heterocycles. The average Bonchev–Trinajstić information content (AvgIpc) is 2.28. The Bertz CT molecular complexity index is 699. The van der Waals surface area contributed by atoms with E-state index in [1.165, 1.54) is 18.2 Å². The number of sulfonamides is 1. The van der Waals surface area contributed by atoms with E-state index in [2.05, 4.69) is 16.6 Å². The van der Waals surface area contributed by atoms with Crippen molar-refractivity contribution in [2.75, 3.05) is 6.54 Å². The van der Waals surface area contributed by atoms with Gasteiger partial charge in [-0.3, -0.25) is 0 Å². The molecular formula is C10H10ClNO4S2. The monoisotopic (exact) mass is 307 g/mol. The molecule has 1 rings (SSSR count). The SMILES string of the molecule is CC#CCNS(=O)(=O)c1cccc(S(=O)(=O)Cl)c1. The highest BCUT2D eigenvalue weighted by atomic mass is 35.7. The zero-order valence-corrected chi connectivity index (χ0v) is 11.7. The van der Waals surface area contributed by atoms with Gasteiger partial charge in [-0.25, -0.2) is 16.8 Å². The quantitative estimate of drug-likeness (QED) is 0.662. The molecule has 0 aliphatic rings. The van der Waals surface area contributed by atoms with Crippen molar-refractivity contribution in [3.8, 4) is 11.8 Å². The zero-order valence-electron chi connectivity index (χ0n) is 9.34. The molecule has 0 radical (unpaired) electrons. The summed E-state index contributed by atoms with van der Waals surface area (Å²) in [4.78, 5) is -0.448.